The van der Waals surface area contributed by atoms with Crippen LogP contribution in [0.15, 0.2) is 18.2 Å². The second-order valence-corrected chi connectivity index (χ2v) is 5.52. The third-order valence-corrected chi connectivity index (χ3v) is 4.15. The van der Waals surface area contributed by atoms with E-state index in [-0.39, 0.29) is 5.91 Å². The number of halogens is 2. The van der Waals surface area contributed by atoms with Crippen LogP contribution in [0.5, 0.6) is 0 Å². The van der Waals surface area contributed by atoms with Gasteiger partial charge in [-0.15, -0.1) is 11.6 Å². The number of rotatable bonds is 3. The van der Waals surface area contributed by atoms with E-state index in [9.17, 15) is 4.79 Å². The van der Waals surface area contributed by atoms with Crippen LogP contribution < -0.4 is 0 Å². The topological polar surface area (TPSA) is 23.6 Å². The number of carbonyl (C=O) groups is 1. The summed E-state index contributed by atoms with van der Waals surface area (Å²) in [5, 5.41) is 0.565. The number of aryl methyl sites for hydroxylation is 1. The molecule has 1 aliphatic rings. The molecule has 0 aromatic heterocycles. The van der Waals surface area contributed by atoms with Gasteiger partial charge in [0.2, 0.25) is 0 Å². The van der Waals surface area contributed by atoms with Crippen LogP contribution in [0, 0.1) is 6.92 Å². The predicted molar refractivity (Wildman–Crippen MR) is 79.3 cm³/mol. The van der Waals surface area contributed by atoms with Crippen LogP contribution in [0.1, 0.15) is 15.9 Å². The molecule has 0 N–H and O–H groups in total. The van der Waals surface area contributed by atoms with Gasteiger partial charge in [0.05, 0.1) is 10.6 Å². The van der Waals surface area contributed by atoms with Crippen molar-refractivity contribution in [1.82, 2.24) is 9.80 Å². The van der Waals surface area contributed by atoms with Gasteiger partial charge in [0.1, 0.15) is 0 Å². The first kappa shape index (κ1) is 14.6. The summed E-state index contributed by atoms with van der Waals surface area (Å²) in [6, 6.07) is 5.58. The van der Waals surface area contributed by atoms with Crippen molar-refractivity contribution < 1.29 is 4.79 Å². The average molecular weight is 301 g/mol. The number of piperazine rings is 1. The summed E-state index contributed by atoms with van der Waals surface area (Å²) in [7, 11) is 0. The fraction of sp³-hybridized carbons (Fsp3) is 0.500. The number of carbonyl (C=O) groups excluding carboxylic acids is 1. The Bertz CT molecular complexity index is 457. The quantitative estimate of drug-likeness (QED) is 0.801. The fourth-order valence-electron chi connectivity index (χ4n) is 2.28. The molecule has 0 radical (unpaired) electrons. The normalized spacial score (nSPS) is 16.7. The molecule has 0 unspecified atom stereocenters. The minimum absolute atomic E-state index is 0.0271. The molecule has 2 rings (SSSR count). The van der Waals surface area contributed by atoms with Crippen LogP contribution in [0.25, 0.3) is 0 Å². The second kappa shape index (κ2) is 6.60. The van der Waals surface area contributed by atoms with E-state index in [1.54, 1.807) is 6.07 Å². The molecule has 0 aliphatic carbocycles. The maximum absolute atomic E-state index is 12.4. The molecule has 1 aromatic carbocycles. The zero-order valence-corrected chi connectivity index (χ0v) is 12.5. The van der Waals surface area contributed by atoms with Crippen LogP contribution in [0.2, 0.25) is 5.02 Å². The monoisotopic (exact) mass is 300 g/mol. The highest BCUT2D eigenvalue weighted by molar-refractivity contribution is 6.34. The van der Waals surface area contributed by atoms with Gasteiger partial charge in [0, 0.05) is 38.6 Å². The third kappa shape index (κ3) is 3.41. The van der Waals surface area contributed by atoms with Crippen LogP contribution in [-0.2, 0) is 0 Å². The van der Waals surface area contributed by atoms with Crippen molar-refractivity contribution in [3.63, 3.8) is 0 Å². The molecule has 19 heavy (non-hydrogen) atoms. The summed E-state index contributed by atoms with van der Waals surface area (Å²) in [5.74, 6) is 0.664. The minimum atomic E-state index is 0.0271. The average Bonchev–Trinajstić information content (AvgIpc) is 2.42. The number of hydrogen-bond donors (Lipinski definition) is 0. The predicted octanol–water partition coefficient (Wildman–Crippen LogP) is 2.65. The van der Waals surface area contributed by atoms with Crippen LogP contribution in [0.4, 0.5) is 0 Å². The highest BCUT2D eigenvalue weighted by atomic mass is 35.5. The van der Waals surface area contributed by atoms with Crippen LogP contribution in [-0.4, -0.2) is 54.3 Å². The molecule has 1 amide bonds. The molecule has 3 nitrogen and oxygen atoms in total. The molecular formula is C14H18Cl2N2O. The van der Waals surface area contributed by atoms with Crippen molar-refractivity contribution in [2.24, 2.45) is 0 Å². The molecule has 1 aromatic rings. The lowest BCUT2D eigenvalue weighted by molar-refractivity contribution is 0.0644. The number of hydrogen-bond acceptors (Lipinski definition) is 2. The summed E-state index contributed by atoms with van der Waals surface area (Å²) in [6.07, 6.45) is 0. The molecule has 5 heteroatoms. The van der Waals surface area contributed by atoms with Crippen molar-refractivity contribution in [2.45, 2.75) is 6.92 Å². The number of alkyl halides is 1. The highest BCUT2D eigenvalue weighted by Crippen LogP contribution is 2.22. The maximum Gasteiger partial charge on any atom is 0.255 e. The van der Waals surface area contributed by atoms with Gasteiger partial charge >= 0.3 is 0 Å². The maximum atomic E-state index is 12.4. The van der Waals surface area contributed by atoms with E-state index in [0.717, 1.165) is 38.3 Å². The third-order valence-electron chi connectivity index (χ3n) is 3.48. The molecule has 0 saturated carbocycles. The first-order chi connectivity index (χ1) is 9.13. The second-order valence-electron chi connectivity index (χ2n) is 4.76. The Balaban J connectivity index is 2.03. The molecule has 1 saturated heterocycles. The molecule has 0 bridgehead atoms. The highest BCUT2D eigenvalue weighted by Gasteiger charge is 2.23. The van der Waals surface area contributed by atoms with Crippen molar-refractivity contribution >= 4 is 29.1 Å². The SMILES string of the molecule is Cc1cccc(C(=O)N2CCN(CCCl)CC2)c1Cl. The van der Waals surface area contributed by atoms with E-state index in [1.807, 2.05) is 24.0 Å². The summed E-state index contributed by atoms with van der Waals surface area (Å²) in [5.41, 5.74) is 1.54. The van der Waals surface area contributed by atoms with Gasteiger partial charge in [0.15, 0.2) is 0 Å². The number of benzene rings is 1. The van der Waals surface area contributed by atoms with E-state index in [4.69, 9.17) is 23.2 Å². The Morgan fingerprint density at radius 3 is 2.58 bits per heavy atom. The summed E-state index contributed by atoms with van der Waals surface area (Å²) in [4.78, 5) is 16.6. The Morgan fingerprint density at radius 1 is 1.26 bits per heavy atom. The lowest BCUT2D eigenvalue weighted by Crippen LogP contribution is -2.49. The summed E-state index contributed by atoms with van der Waals surface area (Å²) in [6.45, 7) is 6.02. The molecule has 0 atom stereocenters. The van der Waals surface area contributed by atoms with E-state index in [0.29, 0.717) is 16.5 Å². The van der Waals surface area contributed by atoms with Crippen LogP contribution >= 0.6 is 23.2 Å². The first-order valence-corrected chi connectivity index (χ1v) is 7.37. The standard InChI is InChI=1S/C14H18Cl2N2O/c1-11-3-2-4-12(13(11)16)14(19)18-9-7-17(6-5-15)8-10-18/h2-4H,5-10H2,1H3. The zero-order chi connectivity index (χ0) is 13.8. The Kier molecular flexibility index (Phi) is 5.08. The van der Waals surface area contributed by atoms with Gasteiger partial charge in [-0.05, 0) is 18.6 Å². The van der Waals surface area contributed by atoms with Crippen LogP contribution in [0.3, 0.4) is 0 Å². The summed E-state index contributed by atoms with van der Waals surface area (Å²) < 4.78 is 0. The largest absolute Gasteiger partial charge is 0.336 e. The van der Waals surface area contributed by atoms with Gasteiger partial charge < -0.3 is 4.90 Å². The lowest BCUT2D eigenvalue weighted by Gasteiger charge is -2.34. The van der Waals surface area contributed by atoms with E-state index >= 15 is 0 Å². The molecular weight excluding hydrogens is 283 g/mol. The fourth-order valence-corrected chi connectivity index (χ4v) is 2.72. The van der Waals surface area contributed by atoms with Crippen molar-refractivity contribution in [3.8, 4) is 0 Å². The van der Waals surface area contributed by atoms with E-state index < -0.39 is 0 Å². The zero-order valence-electron chi connectivity index (χ0n) is 11.0. The van der Waals surface area contributed by atoms with Crippen molar-refractivity contribution in [3.05, 3.63) is 34.3 Å². The first-order valence-electron chi connectivity index (χ1n) is 6.46. The summed E-state index contributed by atoms with van der Waals surface area (Å²) >= 11 is 11.9. The van der Waals surface area contributed by atoms with E-state index in [1.165, 1.54) is 0 Å². The van der Waals surface area contributed by atoms with Gasteiger partial charge in [-0.25, -0.2) is 0 Å². The van der Waals surface area contributed by atoms with E-state index in [2.05, 4.69) is 4.90 Å². The van der Waals surface area contributed by atoms with Gasteiger partial charge in [-0.1, -0.05) is 23.7 Å². The Hall–Kier alpha value is -0.770. The molecule has 1 aliphatic heterocycles. The molecule has 0 spiro atoms. The molecule has 1 heterocycles. The van der Waals surface area contributed by atoms with Gasteiger partial charge in [-0.2, -0.15) is 0 Å². The van der Waals surface area contributed by atoms with Crippen molar-refractivity contribution in [2.75, 3.05) is 38.6 Å². The Morgan fingerprint density at radius 2 is 1.95 bits per heavy atom. The van der Waals surface area contributed by atoms with Crippen molar-refractivity contribution in [1.29, 1.82) is 0 Å². The Labute approximate surface area is 124 Å². The number of amides is 1. The molecule has 104 valence electrons. The molecule has 1 fully saturated rings. The minimum Gasteiger partial charge on any atom is -0.336 e. The smallest absolute Gasteiger partial charge is 0.255 e. The lowest BCUT2D eigenvalue weighted by atomic mass is 10.1. The van der Waals surface area contributed by atoms with Gasteiger partial charge in [0.25, 0.3) is 5.91 Å². The van der Waals surface area contributed by atoms with Gasteiger partial charge in [-0.3, -0.25) is 9.69 Å². The number of nitrogens with zero attached hydrogens (tertiary/aromatic N) is 2.